The molecular weight excluding hydrogens is 404 g/mol. The van der Waals surface area contributed by atoms with Crippen molar-refractivity contribution < 1.29 is 17.7 Å². The van der Waals surface area contributed by atoms with E-state index in [0.717, 1.165) is 37.9 Å². The number of halogens is 1. The summed E-state index contributed by atoms with van der Waals surface area (Å²) >= 11 is 0. The van der Waals surface area contributed by atoms with E-state index in [0.29, 0.717) is 37.4 Å². The second-order valence-corrected chi connectivity index (χ2v) is 10.1. The zero-order valence-corrected chi connectivity index (χ0v) is 17.5. The van der Waals surface area contributed by atoms with Crippen molar-refractivity contribution in [3.63, 3.8) is 0 Å². The Morgan fingerprint density at radius 3 is 2.54 bits per heavy atom. The molecule has 1 aromatic heterocycles. The van der Waals surface area contributed by atoms with E-state index in [4.69, 9.17) is 10.3 Å². The van der Waals surface area contributed by atoms with E-state index in [1.165, 1.54) is 0 Å². The highest BCUT2D eigenvalue weighted by molar-refractivity contribution is 7.89. The molecule has 0 radical (unpaired) electrons. The molecular formula is C18H29ClN4O4S. The third kappa shape index (κ3) is 4.53. The number of aromatic nitrogens is 1. The molecule has 1 saturated carbocycles. The van der Waals surface area contributed by atoms with Crippen molar-refractivity contribution in [1.29, 1.82) is 0 Å². The maximum atomic E-state index is 12.7. The molecule has 2 atom stereocenters. The van der Waals surface area contributed by atoms with Crippen LogP contribution in [-0.2, 0) is 10.0 Å². The summed E-state index contributed by atoms with van der Waals surface area (Å²) < 4.78 is 32.5. The molecule has 2 bridgehead atoms. The van der Waals surface area contributed by atoms with Crippen molar-refractivity contribution in [2.45, 2.75) is 75.4 Å². The fraction of sp³-hybridized carbons (Fsp3) is 0.778. The van der Waals surface area contributed by atoms with E-state index < -0.39 is 10.0 Å². The smallest absolute Gasteiger partial charge is 0.273 e. The van der Waals surface area contributed by atoms with Crippen molar-refractivity contribution in [2.75, 3.05) is 12.3 Å². The van der Waals surface area contributed by atoms with Gasteiger partial charge in [0.05, 0.1) is 5.75 Å². The number of amides is 1. The topological polar surface area (TPSA) is 119 Å². The Bertz CT molecular complexity index is 781. The van der Waals surface area contributed by atoms with Gasteiger partial charge in [0, 0.05) is 30.1 Å². The molecule has 28 heavy (non-hydrogen) atoms. The second-order valence-electron chi connectivity index (χ2n) is 8.06. The third-order valence-electron chi connectivity index (χ3n) is 5.91. The quantitative estimate of drug-likeness (QED) is 0.677. The molecule has 10 heteroatoms. The molecule has 3 fully saturated rings. The standard InChI is InChI=1S/C18H28N4O4S.ClH/c19-7-2-8-27(24,25)22-14-3-1-4-15(22)10-13(9-14)20-18(23)16-11-17(26-21-16)12-5-6-12;/h11-15H,1-10,19H2,(H,20,23);1H. The summed E-state index contributed by atoms with van der Waals surface area (Å²) in [5.74, 6) is 1.09. The fourth-order valence-electron chi connectivity index (χ4n) is 4.50. The Morgan fingerprint density at radius 1 is 1.25 bits per heavy atom. The largest absolute Gasteiger partial charge is 0.360 e. The van der Waals surface area contributed by atoms with Gasteiger partial charge in [-0.1, -0.05) is 11.6 Å². The average molecular weight is 433 g/mol. The molecule has 0 aromatic carbocycles. The monoisotopic (exact) mass is 432 g/mol. The van der Waals surface area contributed by atoms with E-state index in [2.05, 4.69) is 10.5 Å². The predicted octanol–water partition coefficient (Wildman–Crippen LogP) is 1.77. The zero-order chi connectivity index (χ0) is 19.0. The van der Waals surface area contributed by atoms with Gasteiger partial charge in [-0.2, -0.15) is 4.31 Å². The van der Waals surface area contributed by atoms with Gasteiger partial charge in [0.2, 0.25) is 10.0 Å². The number of nitrogens with zero attached hydrogens (tertiary/aromatic N) is 2. The first kappa shape index (κ1) is 21.5. The Labute approximate surface area is 172 Å². The van der Waals surface area contributed by atoms with Gasteiger partial charge in [-0.05, 0) is 51.5 Å². The number of sulfonamides is 1. The molecule has 3 N–H and O–H groups in total. The number of nitrogens with two attached hydrogens (primary N) is 1. The Kier molecular flexibility index (Phi) is 6.69. The highest BCUT2D eigenvalue weighted by Gasteiger charge is 2.44. The van der Waals surface area contributed by atoms with Gasteiger partial charge in [0.25, 0.3) is 5.91 Å². The van der Waals surface area contributed by atoms with Crippen LogP contribution in [0.3, 0.4) is 0 Å². The number of carbonyl (C=O) groups is 1. The van der Waals surface area contributed by atoms with Crippen LogP contribution in [0.2, 0.25) is 0 Å². The van der Waals surface area contributed by atoms with Crippen LogP contribution >= 0.6 is 12.4 Å². The van der Waals surface area contributed by atoms with E-state index in [-0.39, 0.29) is 42.2 Å². The predicted molar refractivity (Wildman–Crippen MR) is 107 cm³/mol. The van der Waals surface area contributed by atoms with Gasteiger partial charge < -0.3 is 15.6 Å². The van der Waals surface area contributed by atoms with E-state index >= 15 is 0 Å². The van der Waals surface area contributed by atoms with Gasteiger partial charge >= 0.3 is 0 Å². The normalized spacial score (nSPS) is 27.8. The molecule has 158 valence electrons. The SMILES string of the molecule is Cl.NCCCS(=O)(=O)N1C2CCCC1CC(NC(=O)c1cc(C3CC3)on1)C2. The van der Waals surface area contributed by atoms with E-state index in [1.807, 2.05) is 0 Å². The number of nitrogens with one attached hydrogen (secondary N) is 1. The minimum absolute atomic E-state index is 0. The minimum Gasteiger partial charge on any atom is -0.360 e. The van der Waals surface area contributed by atoms with Gasteiger partial charge in [0.15, 0.2) is 5.69 Å². The van der Waals surface area contributed by atoms with Crippen LogP contribution in [-0.4, -0.2) is 54.2 Å². The molecule has 2 saturated heterocycles. The number of fused-ring (bicyclic) bond motifs is 2. The molecule has 0 spiro atoms. The van der Waals surface area contributed by atoms with Crippen LogP contribution in [0, 0.1) is 0 Å². The minimum atomic E-state index is -3.29. The summed E-state index contributed by atoms with van der Waals surface area (Å²) in [6.07, 6.45) is 6.70. The van der Waals surface area contributed by atoms with Crippen LogP contribution in [0.25, 0.3) is 0 Å². The first-order valence-electron chi connectivity index (χ1n) is 9.96. The van der Waals surface area contributed by atoms with Crippen molar-refractivity contribution in [1.82, 2.24) is 14.8 Å². The first-order chi connectivity index (χ1) is 13.0. The highest BCUT2D eigenvalue weighted by Crippen LogP contribution is 2.40. The number of hydrogen-bond donors (Lipinski definition) is 2. The highest BCUT2D eigenvalue weighted by atomic mass is 35.5. The van der Waals surface area contributed by atoms with Crippen LogP contribution in [0.5, 0.6) is 0 Å². The summed E-state index contributed by atoms with van der Waals surface area (Å²) in [4.78, 5) is 12.5. The van der Waals surface area contributed by atoms with Crippen molar-refractivity contribution in [3.8, 4) is 0 Å². The summed E-state index contributed by atoms with van der Waals surface area (Å²) in [5.41, 5.74) is 5.81. The molecule has 3 aliphatic rings. The maximum absolute atomic E-state index is 12.7. The lowest BCUT2D eigenvalue weighted by Gasteiger charge is -2.47. The van der Waals surface area contributed by atoms with Gasteiger partial charge in [-0.25, -0.2) is 8.42 Å². The van der Waals surface area contributed by atoms with Crippen LogP contribution in [0.15, 0.2) is 10.6 Å². The lowest BCUT2D eigenvalue weighted by Crippen LogP contribution is -2.59. The summed E-state index contributed by atoms with van der Waals surface area (Å²) in [6.45, 7) is 0.377. The molecule has 4 rings (SSSR count). The third-order valence-corrected chi connectivity index (χ3v) is 7.95. The first-order valence-corrected chi connectivity index (χ1v) is 11.6. The lowest BCUT2D eigenvalue weighted by atomic mass is 9.84. The maximum Gasteiger partial charge on any atom is 0.273 e. The van der Waals surface area contributed by atoms with Crippen LogP contribution in [0.1, 0.15) is 73.5 Å². The number of hydrogen-bond acceptors (Lipinski definition) is 6. The van der Waals surface area contributed by atoms with E-state index in [1.54, 1.807) is 10.4 Å². The van der Waals surface area contributed by atoms with Gasteiger partial charge in [-0.3, -0.25) is 4.79 Å². The fourth-order valence-corrected chi connectivity index (χ4v) is 6.53. The molecule has 1 amide bonds. The van der Waals surface area contributed by atoms with Crippen LogP contribution in [0.4, 0.5) is 0 Å². The number of piperidine rings is 2. The number of rotatable bonds is 7. The van der Waals surface area contributed by atoms with Crippen molar-refractivity contribution >= 4 is 28.3 Å². The van der Waals surface area contributed by atoms with Crippen molar-refractivity contribution in [2.24, 2.45) is 5.73 Å². The van der Waals surface area contributed by atoms with Crippen LogP contribution < -0.4 is 11.1 Å². The Hall–Kier alpha value is -1.16. The molecule has 2 aliphatic heterocycles. The molecule has 2 unspecified atom stereocenters. The molecule has 8 nitrogen and oxygen atoms in total. The summed E-state index contributed by atoms with van der Waals surface area (Å²) in [6, 6.07) is 1.63. The summed E-state index contributed by atoms with van der Waals surface area (Å²) in [5, 5.41) is 6.95. The summed E-state index contributed by atoms with van der Waals surface area (Å²) in [7, 11) is -3.29. The van der Waals surface area contributed by atoms with Crippen molar-refractivity contribution in [3.05, 3.63) is 17.5 Å². The average Bonchev–Trinajstić information content (AvgIpc) is 3.36. The van der Waals surface area contributed by atoms with Gasteiger partial charge in [-0.15, -0.1) is 12.4 Å². The second kappa shape index (κ2) is 8.69. The zero-order valence-electron chi connectivity index (χ0n) is 15.9. The lowest BCUT2D eigenvalue weighted by molar-refractivity contribution is 0.0790. The van der Waals surface area contributed by atoms with Gasteiger partial charge in [0.1, 0.15) is 5.76 Å². The molecule has 3 heterocycles. The Morgan fingerprint density at radius 2 is 1.93 bits per heavy atom. The number of carbonyl (C=O) groups excluding carboxylic acids is 1. The Balaban J connectivity index is 0.00000225. The molecule has 1 aliphatic carbocycles. The van der Waals surface area contributed by atoms with E-state index in [9.17, 15) is 13.2 Å². The molecule has 1 aromatic rings.